The molecule has 5 aromatic carbocycles. The standard InChI is InChI=1S/C35H29BO2/c1-33(2)34(3,4)38-36(37-33)24-17-18-27-28-19-22-11-5-6-12-23(22)20-31(28)35(32(27)21-24)29-15-9-7-13-25(29)26-14-8-10-16-30(26)35/h5-21H,1-4H3. The van der Waals surface area contributed by atoms with E-state index in [4.69, 9.17) is 9.31 Å². The Balaban J connectivity index is 1.46. The van der Waals surface area contributed by atoms with Crippen LogP contribution in [0.4, 0.5) is 0 Å². The Hall–Kier alpha value is -3.66. The van der Waals surface area contributed by atoms with Crippen molar-refractivity contribution in [3.8, 4) is 22.3 Å². The fourth-order valence-corrected chi connectivity index (χ4v) is 6.97. The molecule has 1 heterocycles. The van der Waals surface area contributed by atoms with Gasteiger partial charge in [-0.05, 0) is 101 Å². The molecule has 1 saturated heterocycles. The van der Waals surface area contributed by atoms with E-state index >= 15 is 0 Å². The zero-order valence-corrected chi connectivity index (χ0v) is 22.2. The van der Waals surface area contributed by atoms with Crippen molar-refractivity contribution in [2.45, 2.75) is 44.3 Å². The van der Waals surface area contributed by atoms with E-state index in [1.165, 1.54) is 55.3 Å². The van der Waals surface area contributed by atoms with Crippen LogP contribution in [-0.2, 0) is 14.7 Å². The van der Waals surface area contributed by atoms with Gasteiger partial charge in [0.2, 0.25) is 0 Å². The number of rotatable bonds is 1. The summed E-state index contributed by atoms with van der Waals surface area (Å²) in [5, 5.41) is 2.54. The number of fused-ring (bicyclic) bond motifs is 11. The molecule has 0 N–H and O–H groups in total. The van der Waals surface area contributed by atoms with Gasteiger partial charge < -0.3 is 9.31 Å². The molecule has 0 radical (unpaired) electrons. The second-order valence-electron chi connectivity index (χ2n) is 12.0. The first kappa shape index (κ1) is 22.3. The topological polar surface area (TPSA) is 18.5 Å². The molecule has 1 aliphatic heterocycles. The lowest BCUT2D eigenvalue weighted by molar-refractivity contribution is 0.00578. The van der Waals surface area contributed by atoms with Crippen LogP contribution in [0, 0.1) is 0 Å². The zero-order valence-electron chi connectivity index (χ0n) is 22.2. The Kier molecular flexibility index (Phi) is 4.26. The molecule has 1 spiro atoms. The van der Waals surface area contributed by atoms with Gasteiger partial charge in [-0.25, -0.2) is 0 Å². The maximum atomic E-state index is 6.52. The fourth-order valence-electron chi connectivity index (χ4n) is 6.97. The van der Waals surface area contributed by atoms with Crippen LogP contribution in [0.25, 0.3) is 33.0 Å². The molecule has 0 unspecified atom stereocenters. The van der Waals surface area contributed by atoms with E-state index < -0.39 is 7.12 Å². The molecule has 0 bridgehead atoms. The number of hydrogen-bond acceptors (Lipinski definition) is 2. The third-order valence-electron chi connectivity index (χ3n) is 9.51. The summed E-state index contributed by atoms with van der Waals surface area (Å²) in [6.07, 6.45) is 0. The van der Waals surface area contributed by atoms with Crippen molar-refractivity contribution < 1.29 is 9.31 Å². The highest BCUT2D eigenvalue weighted by atomic mass is 16.7. The second-order valence-corrected chi connectivity index (χ2v) is 12.0. The highest BCUT2D eigenvalue weighted by Gasteiger charge is 2.54. The van der Waals surface area contributed by atoms with E-state index in [-0.39, 0.29) is 16.6 Å². The van der Waals surface area contributed by atoms with E-state index in [2.05, 4.69) is 131 Å². The summed E-state index contributed by atoms with van der Waals surface area (Å²) in [5.74, 6) is 0. The summed E-state index contributed by atoms with van der Waals surface area (Å²) < 4.78 is 13.0. The molecule has 2 nitrogen and oxygen atoms in total. The van der Waals surface area contributed by atoms with Crippen molar-refractivity contribution in [1.82, 2.24) is 0 Å². The van der Waals surface area contributed by atoms with Crippen LogP contribution in [0.1, 0.15) is 49.9 Å². The van der Waals surface area contributed by atoms with Gasteiger partial charge in [0.25, 0.3) is 0 Å². The van der Waals surface area contributed by atoms with E-state index in [0.29, 0.717) is 0 Å². The predicted molar refractivity (Wildman–Crippen MR) is 156 cm³/mol. The first-order valence-corrected chi connectivity index (χ1v) is 13.5. The summed E-state index contributed by atoms with van der Waals surface area (Å²) in [6, 6.07) is 38.3. The van der Waals surface area contributed by atoms with Crippen LogP contribution < -0.4 is 5.46 Å². The van der Waals surface area contributed by atoms with Crippen LogP contribution in [0.3, 0.4) is 0 Å². The lowest BCUT2D eigenvalue weighted by atomic mass is 9.68. The number of benzene rings is 5. The molecule has 5 aromatic rings. The van der Waals surface area contributed by atoms with E-state index in [1.807, 2.05) is 0 Å². The minimum atomic E-state index is -0.406. The van der Waals surface area contributed by atoms with Crippen molar-refractivity contribution in [2.24, 2.45) is 0 Å². The molecule has 3 heteroatoms. The first-order chi connectivity index (χ1) is 18.3. The summed E-state index contributed by atoms with van der Waals surface area (Å²) in [6.45, 7) is 8.47. The molecule has 1 fully saturated rings. The Bertz CT molecular complexity index is 1740. The van der Waals surface area contributed by atoms with Gasteiger partial charge in [0.15, 0.2) is 0 Å². The molecular formula is C35H29BO2. The van der Waals surface area contributed by atoms with Crippen LogP contribution in [0.2, 0.25) is 0 Å². The van der Waals surface area contributed by atoms with Crippen LogP contribution in [0.15, 0.2) is 103 Å². The minimum absolute atomic E-state index is 0.387. The molecule has 8 rings (SSSR count). The summed E-state index contributed by atoms with van der Waals surface area (Å²) in [7, 11) is -0.406. The molecule has 184 valence electrons. The van der Waals surface area contributed by atoms with Gasteiger partial charge in [-0.3, -0.25) is 0 Å². The number of hydrogen-bond donors (Lipinski definition) is 0. The molecule has 2 aliphatic carbocycles. The maximum Gasteiger partial charge on any atom is 0.494 e. The molecule has 0 aromatic heterocycles. The molecular weight excluding hydrogens is 463 g/mol. The van der Waals surface area contributed by atoms with Crippen molar-refractivity contribution in [3.63, 3.8) is 0 Å². The van der Waals surface area contributed by atoms with Gasteiger partial charge in [0.05, 0.1) is 16.6 Å². The Morgan fingerprint density at radius 2 is 0.974 bits per heavy atom. The highest BCUT2D eigenvalue weighted by Crippen LogP contribution is 2.63. The van der Waals surface area contributed by atoms with E-state index in [1.54, 1.807) is 0 Å². The summed E-state index contributed by atoms with van der Waals surface area (Å²) >= 11 is 0. The average molecular weight is 492 g/mol. The second kappa shape index (κ2) is 7.25. The largest absolute Gasteiger partial charge is 0.494 e. The van der Waals surface area contributed by atoms with E-state index in [9.17, 15) is 0 Å². The van der Waals surface area contributed by atoms with Gasteiger partial charge in [0, 0.05) is 0 Å². The Labute approximate surface area is 224 Å². The van der Waals surface area contributed by atoms with Gasteiger partial charge in [0.1, 0.15) is 0 Å². The van der Waals surface area contributed by atoms with Gasteiger partial charge in [-0.2, -0.15) is 0 Å². The smallest absolute Gasteiger partial charge is 0.399 e. The summed E-state index contributed by atoms with van der Waals surface area (Å²) in [4.78, 5) is 0. The SMILES string of the molecule is CC1(C)OB(c2ccc3c(c2)C2(c4ccccc4-c4ccccc42)c2cc4ccccc4cc2-3)OC1(C)C. The molecule has 0 saturated carbocycles. The third-order valence-corrected chi connectivity index (χ3v) is 9.51. The van der Waals surface area contributed by atoms with E-state index in [0.717, 1.165) is 5.46 Å². The lowest BCUT2D eigenvalue weighted by Gasteiger charge is -2.32. The molecule has 0 amide bonds. The predicted octanol–water partition coefficient (Wildman–Crippen LogP) is 7.48. The monoisotopic (exact) mass is 492 g/mol. The Morgan fingerprint density at radius 1 is 0.474 bits per heavy atom. The normalized spacial score (nSPS) is 18.9. The van der Waals surface area contributed by atoms with Crippen molar-refractivity contribution in [2.75, 3.05) is 0 Å². The van der Waals surface area contributed by atoms with Crippen molar-refractivity contribution >= 4 is 23.4 Å². The third kappa shape index (κ3) is 2.66. The molecule has 0 atom stereocenters. The quantitative estimate of drug-likeness (QED) is 0.221. The maximum absolute atomic E-state index is 6.52. The van der Waals surface area contributed by atoms with Gasteiger partial charge in [-0.1, -0.05) is 91.0 Å². The summed E-state index contributed by atoms with van der Waals surface area (Å²) in [5.41, 5.74) is 10.5. The highest BCUT2D eigenvalue weighted by molar-refractivity contribution is 6.62. The van der Waals surface area contributed by atoms with Gasteiger partial charge in [-0.15, -0.1) is 0 Å². The fraction of sp³-hybridized carbons (Fsp3) is 0.200. The van der Waals surface area contributed by atoms with Crippen LogP contribution >= 0.6 is 0 Å². The molecule has 38 heavy (non-hydrogen) atoms. The zero-order chi connectivity index (χ0) is 25.9. The Morgan fingerprint density at radius 3 is 1.61 bits per heavy atom. The van der Waals surface area contributed by atoms with Crippen LogP contribution in [-0.4, -0.2) is 18.3 Å². The lowest BCUT2D eigenvalue weighted by Crippen LogP contribution is -2.41. The first-order valence-electron chi connectivity index (χ1n) is 13.5. The van der Waals surface area contributed by atoms with Gasteiger partial charge >= 0.3 is 7.12 Å². The minimum Gasteiger partial charge on any atom is -0.399 e. The van der Waals surface area contributed by atoms with Crippen LogP contribution in [0.5, 0.6) is 0 Å². The average Bonchev–Trinajstić information content (AvgIpc) is 3.46. The van der Waals surface area contributed by atoms with Crippen molar-refractivity contribution in [3.05, 3.63) is 125 Å². The molecule has 3 aliphatic rings. The van der Waals surface area contributed by atoms with Crippen molar-refractivity contribution in [1.29, 1.82) is 0 Å².